The number of rotatable bonds is 7. The van der Waals surface area contributed by atoms with E-state index in [-0.39, 0.29) is 5.91 Å². The highest BCUT2D eigenvalue weighted by Crippen LogP contribution is 2.34. The molecule has 0 saturated carbocycles. The predicted octanol–water partition coefficient (Wildman–Crippen LogP) is 4.58. The lowest BCUT2D eigenvalue weighted by atomic mass is 10.0. The van der Waals surface area contributed by atoms with Crippen molar-refractivity contribution in [1.29, 1.82) is 0 Å². The monoisotopic (exact) mass is 434 g/mol. The van der Waals surface area contributed by atoms with Crippen LogP contribution in [0.25, 0.3) is 11.1 Å². The lowest BCUT2D eigenvalue weighted by Gasteiger charge is -2.20. The first-order valence-corrected chi connectivity index (χ1v) is 10.4. The van der Waals surface area contributed by atoms with E-state index < -0.39 is 6.04 Å². The predicted molar refractivity (Wildman–Crippen MR) is 124 cm³/mol. The zero-order valence-corrected chi connectivity index (χ0v) is 18.3. The normalized spacial score (nSPS) is 13.1. The van der Waals surface area contributed by atoms with E-state index in [1.54, 1.807) is 32.4 Å². The first-order valence-electron chi connectivity index (χ1n) is 10.4. The highest BCUT2D eigenvalue weighted by molar-refractivity contribution is 5.96. The molecule has 1 amide bonds. The summed E-state index contributed by atoms with van der Waals surface area (Å²) in [6.07, 6.45) is 0. The van der Waals surface area contributed by atoms with Crippen molar-refractivity contribution in [3.05, 3.63) is 60.7 Å². The summed E-state index contributed by atoms with van der Waals surface area (Å²) in [5.41, 5.74) is 3.36. The van der Waals surface area contributed by atoms with E-state index in [0.29, 0.717) is 30.4 Å². The van der Waals surface area contributed by atoms with Gasteiger partial charge in [0.15, 0.2) is 11.5 Å². The van der Waals surface area contributed by atoms with Gasteiger partial charge < -0.3 is 29.6 Å². The van der Waals surface area contributed by atoms with Crippen LogP contribution in [0.5, 0.6) is 23.0 Å². The number of fused-ring (bicyclic) bond motifs is 1. The van der Waals surface area contributed by atoms with Gasteiger partial charge in [-0.3, -0.25) is 4.79 Å². The van der Waals surface area contributed by atoms with E-state index in [9.17, 15) is 4.79 Å². The zero-order valence-electron chi connectivity index (χ0n) is 18.3. The van der Waals surface area contributed by atoms with Gasteiger partial charge in [0, 0.05) is 23.0 Å². The third kappa shape index (κ3) is 4.72. The molecule has 3 aromatic carbocycles. The van der Waals surface area contributed by atoms with E-state index in [0.717, 1.165) is 28.3 Å². The fourth-order valence-electron chi connectivity index (χ4n) is 3.48. The van der Waals surface area contributed by atoms with Crippen LogP contribution in [0.2, 0.25) is 0 Å². The van der Waals surface area contributed by atoms with Crippen LogP contribution in [-0.4, -0.2) is 39.4 Å². The molecule has 7 heteroatoms. The Hall–Kier alpha value is -3.87. The average molecular weight is 434 g/mol. The van der Waals surface area contributed by atoms with Gasteiger partial charge in [-0.15, -0.1) is 0 Å². The first-order chi connectivity index (χ1) is 15.6. The molecule has 3 aromatic rings. The molecule has 1 aliphatic heterocycles. The second kappa shape index (κ2) is 9.51. The van der Waals surface area contributed by atoms with E-state index >= 15 is 0 Å². The summed E-state index contributed by atoms with van der Waals surface area (Å²) in [6.45, 7) is 2.83. The molecule has 1 aliphatic rings. The van der Waals surface area contributed by atoms with Crippen LogP contribution in [0.1, 0.15) is 6.92 Å². The van der Waals surface area contributed by atoms with Gasteiger partial charge in [0.1, 0.15) is 30.8 Å². The molecule has 32 heavy (non-hydrogen) atoms. The molecule has 2 N–H and O–H groups in total. The van der Waals surface area contributed by atoms with Gasteiger partial charge in [0.05, 0.1) is 14.2 Å². The number of carbonyl (C=O) groups is 1. The first kappa shape index (κ1) is 21.4. The van der Waals surface area contributed by atoms with Gasteiger partial charge in [-0.1, -0.05) is 12.1 Å². The minimum atomic E-state index is -0.472. The van der Waals surface area contributed by atoms with E-state index in [1.165, 1.54) is 0 Å². The van der Waals surface area contributed by atoms with Crippen molar-refractivity contribution in [2.45, 2.75) is 13.0 Å². The van der Waals surface area contributed by atoms with Crippen molar-refractivity contribution in [2.24, 2.45) is 0 Å². The molecule has 0 saturated heterocycles. The molecule has 4 rings (SSSR count). The SMILES string of the molecule is COc1ccc(-c2cc(N[C@@H](C)C(=O)Nc3ccc4c(c3)OCCO4)ccc2OC)cc1. The fourth-order valence-corrected chi connectivity index (χ4v) is 3.48. The molecule has 0 unspecified atom stereocenters. The Kier molecular flexibility index (Phi) is 6.35. The fraction of sp³-hybridized carbons (Fsp3) is 0.240. The Morgan fingerprint density at radius 3 is 2.31 bits per heavy atom. The number of carbonyl (C=O) groups excluding carboxylic acids is 1. The van der Waals surface area contributed by atoms with Crippen molar-refractivity contribution in [3.63, 3.8) is 0 Å². The van der Waals surface area contributed by atoms with Gasteiger partial charge in [0.25, 0.3) is 0 Å². The maximum absolute atomic E-state index is 12.7. The summed E-state index contributed by atoms with van der Waals surface area (Å²) in [6, 6.07) is 18.4. The third-order valence-electron chi connectivity index (χ3n) is 5.19. The Morgan fingerprint density at radius 2 is 1.59 bits per heavy atom. The molecular formula is C25H26N2O5. The minimum absolute atomic E-state index is 0.163. The second-order valence-corrected chi connectivity index (χ2v) is 7.36. The number of anilines is 2. The summed E-state index contributed by atoms with van der Waals surface area (Å²) < 4.78 is 21.9. The van der Waals surface area contributed by atoms with Gasteiger partial charge >= 0.3 is 0 Å². The summed E-state index contributed by atoms with van der Waals surface area (Å²) in [4.78, 5) is 12.7. The van der Waals surface area contributed by atoms with Crippen LogP contribution in [0.15, 0.2) is 60.7 Å². The number of benzene rings is 3. The highest BCUT2D eigenvalue weighted by atomic mass is 16.6. The van der Waals surface area contributed by atoms with Gasteiger partial charge in [0.2, 0.25) is 5.91 Å². The number of hydrogen-bond acceptors (Lipinski definition) is 6. The number of ether oxygens (including phenoxy) is 4. The van der Waals surface area contributed by atoms with E-state index in [4.69, 9.17) is 18.9 Å². The number of methoxy groups -OCH3 is 2. The van der Waals surface area contributed by atoms with Gasteiger partial charge in [-0.25, -0.2) is 0 Å². The van der Waals surface area contributed by atoms with Crippen molar-refractivity contribution >= 4 is 17.3 Å². The van der Waals surface area contributed by atoms with Crippen LogP contribution in [0.3, 0.4) is 0 Å². The van der Waals surface area contributed by atoms with Crippen molar-refractivity contribution in [3.8, 4) is 34.1 Å². The number of amides is 1. The average Bonchev–Trinajstić information content (AvgIpc) is 2.84. The molecular weight excluding hydrogens is 408 g/mol. The maximum atomic E-state index is 12.7. The summed E-state index contributed by atoms with van der Waals surface area (Å²) >= 11 is 0. The molecule has 7 nitrogen and oxygen atoms in total. The minimum Gasteiger partial charge on any atom is -0.497 e. The summed E-state index contributed by atoms with van der Waals surface area (Å²) in [7, 11) is 3.27. The smallest absolute Gasteiger partial charge is 0.246 e. The van der Waals surface area contributed by atoms with Crippen LogP contribution in [-0.2, 0) is 4.79 Å². The topological polar surface area (TPSA) is 78.1 Å². The number of hydrogen-bond donors (Lipinski definition) is 2. The number of nitrogens with one attached hydrogen (secondary N) is 2. The molecule has 0 spiro atoms. The summed E-state index contributed by atoms with van der Waals surface area (Å²) in [5.74, 6) is 2.68. The van der Waals surface area contributed by atoms with Gasteiger partial charge in [-0.05, 0) is 55.0 Å². The second-order valence-electron chi connectivity index (χ2n) is 7.36. The van der Waals surface area contributed by atoms with E-state index in [2.05, 4.69) is 10.6 Å². The maximum Gasteiger partial charge on any atom is 0.246 e. The molecule has 0 aromatic heterocycles. The quantitative estimate of drug-likeness (QED) is 0.567. The van der Waals surface area contributed by atoms with Crippen molar-refractivity contribution < 1.29 is 23.7 Å². The standard InChI is InChI=1S/C25H26N2O5/c1-16(25(28)27-19-7-11-23-24(15-19)32-13-12-31-23)26-18-6-10-22(30-3)21(14-18)17-4-8-20(29-2)9-5-17/h4-11,14-16,26H,12-13H2,1-3H3,(H,27,28)/t16-/m0/s1. The van der Waals surface area contributed by atoms with Crippen molar-refractivity contribution in [1.82, 2.24) is 0 Å². The molecule has 1 heterocycles. The van der Waals surface area contributed by atoms with Crippen LogP contribution >= 0.6 is 0 Å². The summed E-state index contributed by atoms with van der Waals surface area (Å²) in [5, 5.41) is 6.18. The zero-order chi connectivity index (χ0) is 22.5. The Morgan fingerprint density at radius 1 is 0.875 bits per heavy atom. The van der Waals surface area contributed by atoms with Crippen LogP contribution in [0.4, 0.5) is 11.4 Å². The van der Waals surface area contributed by atoms with Gasteiger partial charge in [-0.2, -0.15) is 0 Å². The molecule has 0 radical (unpaired) electrons. The highest BCUT2D eigenvalue weighted by Gasteiger charge is 2.17. The Balaban J connectivity index is 1.47. The largest absolute Gasteiger partial charge is 0.497 e. The molecule has 0 fully saturated rings. The Bertz CT molecular complexity index is 1100. The molecule has 166 valence electrons. The van der Waals surface area contributed by atoms with Crippen LogP contribution in [0, 0.1) is 0 Å². The Labute approximate surface area is 187 Å². The van der Waals surface area contributed by atoms with E-state index in [1.807, 2.05) is 49.4 Å². The lowest BCUT2D eigenvalue weighted by molar-refractivity contribution is -0.116. The van der Waals surface area contributed by atoms with Crippen molar-refractivity contribution in [2.75, 3.05) is 38.1 Å². The molecule has 0 bridgehead atoms. The van der Waals surface area contributed by atoms with Crippen LogP contribution < -0.4 is 29.6 Å². The molecule has 1 atom stereocenters. The third-order valence-corrected chi connectivity index (χ3v) is 5.19. The molecule has 0 aliphatic carbocycles. The lowest BCUT2D eigenvalue weighted by Crippen LogP contribution is -2.31.